The number of hydrogen-bond donors (Lipinski definition) is 0. The number of sulfonamides is 1. The molecule has 1 heterocycles. The average Bonchev–Trinajstić information content (AvgIpc) is 3.31. The molecule has 7 nitrogen and oxygen atoms in total. The molecule has 0 bridgehead atoms. The second kappa shape index (κ2) is 10.1. The first-order valence-corrected chi connectivity index (χ1v) is 12.9. The third-order valence-corrected chi connectivity index (χ3v) is 8.24. The average molecular weight is 472 g/mol. The van der Waals surface area contributed by atoms with Gasteiger partial charge >= 0.3 is 5.97 Å². The lowest BCUT2D eigenvalue weighted by molar-refractivity contribution is -0.148. The fourth-order valence-electron chi connectivity index (χ4n) is 4.44. The quantitative estimate of drug-likeness (QED) is 0.433. The van der Waals surface area contributed by atoms with Gasteiger partial charge in [0.05, 0.1) is 17.4 Å². The maximum absolute atomic E-state index is 12.9. The maximum atomic E-state index is 12.9. The summed E-state index contributed by atoms with van der Waals surface area (Å²) in [7, 11) is -3.64. The van der Waals surface area contributed by atoms with E-state index in [2.05, 4.69) is 0 Å². The summed E-state index contributed by atoms with van der Waals surface area (Å²) in [6.07, 6.45) is 3.86. The minimum atomic E-state index is -3.64. The number of aryl methyl sites for hydroxylation is 2. The van der Waals surface area contributed by atoms with Crippen LogP contribution in [-0.4, -0.2) is 50.8 Å². The predicted molar refractivity (Wildman–Crippen MR) is 123 cm³/mol. The van der Waals surface area contributed by atoms with Gasteiger partial charge in [0.25, 0.3) is 0 Å². The molecular formula is C25H29NO6S. The van der Waals surface area contributed by atoms with E-state index in [0.717, 1.165) is 19.3 Å². The number of hydrogen-bond acceptors (Lipinski definition) is 6. The smallest absolute Gasteiger partial charge is 0.309 e. The lowest BCUT2D eigenvalue weighted by Crippen LogP contribution is -2.40. The minimum Gasteiger partial charge on any atom is -0.494 e. The van der Waals surface area contributed by atoms with Crippen LogP contribution in [0.2, 0.25) is 0 Å². The molecule has 0 N–H and O–H groups in total. The molecule has 0 amide bonds. The number of nitrogens with zero attached hydrogens (tertiary/aromatic N) is 1. The zero-order valence-electron chi connectivity index (χ0n) is 18.8. The van der Waals surface area contributed by atoms with Gasteiger partial charge in [0.15, 0.2) is 12.4 Å². The highest BCUT2D eigenvalue weighted by molar-refractivity contribution is 7.89. The molecular weight excluding hydrogens is 442 g/mol. The van der Waals surface area contributed by atoms with Crippen LogP contribution < -0.4 is 4.74 Å². The van der Waals surface area contributed by atoms with Crippen LogP contribution in [0.3, 0.4) is 0 Å². The summed E-state index contributed by atoms with van der Waals surface area (Å²) < 4.78 is 37.9. The zero-order chi connectivity index (χ0) is 23.4. The number of benzene rings is 2. The van der Waals surface area contributed by atoms with Crippen molar-refractivity contribution < 1.29 is 27.5 Å². The van der Waals surface area contributed by atoms with E-state index in [9.17, 15) is 18.0 Å². The second-order valence-electron chi connectivity index (χ2n) is 8.45. The van der Waals surface area contributed by atoms with Gasteiger partial charge in [-0.15, -0.1) is 0 Å². The molecule has 0 aromatic heterocycles. The molecule has 1 fully saturated rings. The van der Waals surface area contributed by atoms with Crippen LogP contribution >= 0.6 is 0 Å². The molecule has 1 aliphatic heterocycles. The van der Waals surface area contributed by atoms with Crippen LogP contribution in [-0.2, 0) is 32.4 Å². The summed E-state index contributed by atoms with van der Waals surface area (Å²) in [5.41, 5.74) is 3.06. The normalized spacial score (nSPS) is 16.9. The Hall–Kier alpha value is -2.71. The fraction of sp³-hybridized carbons (Fsp3) is 0.440. The molecule has 2 aromatic rings. The predicted octanol–water partition coefficient (Wildman–Crippen LogP) is 3.40. The van der Waals surface area contributed by atoms with Crippen molar-refractivity contribution >= 4 is 21.8 Å². The number of carbonyl (C=O) groups excluding carboxylic acids is 2. The Balaban J connectivity index is 1.28. The van der Waals surface area contributed by atoms with Crippen LogP contribution in [0.5, 0.6) is 5.75 Å². The maximum Gasteiger partial charge on any atom is 0.309 e. The van der Waals surface area contributed by atoms with Crippen LogP contribution in [0.1, 0.15) is 47.7 Å². The Kier molecular flexibility index (Phi) is 7.14. The van der Waals surface area contributed by atoms with Crippen molar-refractivity contribution in [2.45, 2.75) is 43.9 Å². The molecule has 0 saturated carbocycles. The topological polar surface area (TPSA) is 90.0 Å². The van der Waals surface area contributed by atoms with Gasteiger partial charge in [0.1, 0.15) is 5.75 Å². The number of esters is 1. The van der Waals surface area contributed by atoms with Crippen LogP contribution in [0, 0.1) is 5.92 Å². The third kappa shape index (κ3) is 5.28. The SMILES string of the molecule is CCOc1ccc(S(=O)(=O)N2CCC(C(=O)OCC(=O)c3ccc4c(c3)CCC4)CC2)cc1. The minimum absolute atomic E-state index is 0.201. The van der Waals surface area contributed by atoms with E-state index < -0.39 is 21.9 Å². The van der Waals surface area contributed by atoms with Gasteiger partial charge in [-0.05, 0) is 80.5 Å². The highest BCUT2D eigenvalue weighted by Crippen LogP contribution is 2.26. The van der Waals surface area contributed by atoms with Gasteiger partial charge < -0.3 is 9.47 Å². The Morgan fingerprint density at radius 1 is 1.00 bits per heavy atom. The van der Waals surface area contributed by atoms with E-state index in [-0.39, 0.29) is 30.4 Å². The van der Waals surface area contributed by atoms with Gasteiger partial charge in [0.2, 0.25) is 10.0 Å². The molecule has 4 rings (SSSR count). The van der Waals surface area contributed by atoms with Crippen LogP contribution in [0.25, 0.3) is 0 Å². The first-order valence-electron chi connectivity index (χ1n) is 11.4. The molecule has 2 aromatic carbocycles. The Morgan fingerprint density at radius 2 is 1.70 bits per heavy atom. The molecule has 1 saturated heterocycles. The number of Topliss-reactive ketones (excluding diaryl/α,β-unsaturated/α-hetero) is 1. The Bertz CT molecular complexity index is 1120. The van der Waals surface area contributed by atoms with Gasteiger partial charge in [-0.3, -0.25) is 9.59 Å². The molecule has 176 valence electrons. The summed E-state index contributed by atoms with van der Waals surface area (Å²) >= 11 is 0. The summed E-state index contributed by atoms with van der Waals surface area (Å²) in [6.45, 7) is 2.54. The monoisotopic (exact) mass is 471 g/mol. The lowest BCUT2D eigenvalue weighted by atomic mass is 9.98. The molecule has 0 spiro atoms. The number of rotatable bonds is 8. The lowest BCUT2D eigenvalue weighted by Gasteiger charge is -2.30. The first kappa shape index (κ1) is 23.4. The van der Waals surface area contributed by atoms with Crippen molar-refractivity contribution in [1.29, 1.82) is 0 Å². The van der Waals surface area contributed by atoms with E-state index in [0.29, 0.717) is 30.8 Å². The highest BCUT2D eigenvalue weighted by Gasteiger charge is 2.33. The van der Waals surface area contributed by atoms with E-state index in [1.807, 2.05) is 19.1 Å². The Morgan fingerprint density at radius 3 is 2.39 bits per heavy atom. The largest absolute Gasteiger partial charge is 0.494 e. The zero-order valence-corrected chi connectivity index (χ0v) is 19.6. The number of carbonyl (C=O) groups is 2. The summed E-state index contributed by atoms with van der Waals surface area (Å²) in [5, 5.41) is 0. The third-order valence-electron chi connectivity index (χ3n) is 6.33. The molecule has 1 aliphatic carbocycles. The summed E-state index contributed by atoms with van der Waals surface area (Å²) in [6, 6.07) is 12.0. The summed E-state index contributed by atoms with van der Waals surface area (Å²) in [5.74, 6) is -0.451. The van der Waals surface area contributed by atoms with Gasteiger partial charge in [-0.2, -0.15) is 4.31 Å². The molecule has 0 atom stereocenters. The molecule has 0 radical (unpaired) electrons. The van der Waals surface area contributed by atoms with Crippen LogP contribution in [0.15, 0.2) is 47.4 Å². The fourth-order valence-corrected chi connectivity index (χ4v) is 5.91. The summed E-state index contributed by atoms with van der Waals surface area (Å²) in [4.78, 5) is 25.2. The number of ketones is 1. The van der Waals surface area contributed by atoms with Crippen molar-refractivity contribution in [2.75, 3.05) is 26.3 Å². The number of ether oxygens (including phenoxy) is 2. The standard InChI is InChI=1S/C25H29NO6S/c1-2-31-22-8-10-23(11-9-22)33(29,30)26-14-12-19(13-15-26)25(28)32-17-24(27)21-7-6-18-4-3-5-20(18)16-21/h6-11,16,19H,2-5,12-15,17H2,1H3. The molecule has 33 heavy (non-hydrogen) atoms. The molecule has 8 heteroatoms. The van der Waals surface area contributed by atoms with E-state index >= 15 is 0 Å². The first-order chi connectivity index (χ1) is 15.9. The Labute approximate surface area is 194 Å². The van der Waals surface area contributed by atoms with E-state index in [1.54, 1.807) is 18.2 Å². The van der Waals surface area contributed by atoms with Crippen molar-refractivity contribution in [3.05, 3.63) is 59.2 Å². The van der Waals surface area contributed by atoms with Gasteiger partial charge in [-0.1, -0.05) is 12.1 Å². The number of fused-ring (bicyclic) bond motifs is 1. The van der Waals surface area contributed by atoms with Crippen molar-refractivity contribution in [3.8, 4) is 5.75 Å². The number of piperidine rings is 1. The molecule has 2 aliphatic rings. The van der Waals surface area contributed by atoms with Crippen molar-refractivity contribution in [1.82, 2.24) is 4.31 Å². The van der Waals surface area contributed by atoms with Gasteiger partial charge in [0, 0.05) is 18.7 Å². The second-order valence-corrected chi connectivity index (χ2v) is 10.4. The van der Waals surface area contributed by atoms with Crippen molar-refractivity contribution in [3.63, 3.8) is 0 Å². The van der Waals surface area contributed by atoms with Crippen molar-refractivity contribution in [2.24, 2.45) is 5.92 Å². The van der Waals surface area contributed by atoms with E-state index in [4.69, 9.17) is 9.47 Å². The van der Waals surface area contributed by atoms with E-state index in [1.165, 1.54) is 27.6 Å². The van der Waals surface area contributed by atoms with Crippen LogP contribution in [0.4, 0.5) is 0 Å². The molecule has 0 unspecified atom stereocenters. The van der Waals surface area contributed by atoms with Gasteiger partial charge in [-0.25, -0.2) is 8.42 Å². The highest BCUT2D eigenvalue weighted by atomic mass is 32.2.